The fourth-order valence-electron chi connectivity index (χ4n) is 4.52. The van der Waals surface area contributed by atoms with Gasteiger partial charge in [0.25, 0.3) is 5.91 Å². The van der Waals surface area contributed by atoms with E-state index in [0.717, 1.165) is 60.5 Å². The first kappa shape index (κ1) is 20.3. The highest BCUT2D eigenvalue weighted by Gasteiger charge is 2.28. The third kappa shape index (κ3) is 4.47. The summed E-state index contributed by atoms with van der Waals surface area (Å²) in [6.45, 7) is 7.23. The molecule has 1 atom stereocenters. The van der Waals surface area contributed by atoms with Crippen molar-refractivity contribution in [3.05, 3.63) is 33.5 Å². The van der Waals surface area contributed by atoms with E-state index in [1.165, 1.54) is 29.7 Å². The van der Waals surface area contributed by atoms with Crippen LogP contribution in [0.15, 0.2) is 11.2 Å². The summed E-state index contributed by atoms with van der Waals surface area (Å²) in [6, 6.07) is 0.316. The van der Waals surface area contributed by atoms with Crippen LogP contribution in [0, 0.1) is 12.8 Å². The summed E-state index contributed by atoms with van der Waals surface area (Å²) in [5, 5.41) is 8.69. The number of nitrogens with one attached hydrogen (secondary N) is 1. The fourth-order valence-corrected chi connectivity index (χ4v) is 5.87. The summed E-state index contributed by atoms with van der Waals surface area (Å²) in [5.41, 5.74) is 4.07. The largest absolute Gasteiger partial charge is 0.349 e. The molecule has 1 N–H and O–H groups in total. The highest BCUT2D eigenvalue weighted by molar-refractivity contribution is 7.16. The monoisotopic (exact) mass is 412 g/mol. The number of aromatic nitrogens is 2. The SMILES string of the molecule is CCn1cc(C=Nc2sc3c(c2C(=O)NC2CCCCC2)CC[C@@H](C)C3)c(C)n1. The molecule has 1 fully saturated rings. The van der Waals surface area contributed by atoms with Gasteiger partial charge in [-0.05, 0) is 57.4 Å². The van der Waals surface area contributed by atoms with Crippen LogP contribution in [0.4, 0.5) is 5.00 Å². The Morgan fingerprint density at radius 1 is 1.34 bits per heavy atom. The molecule has 156 valence electrons. The molecule has 2 heterocycles. The Hall–Kier alpha value is -1.95. The van der Waals surface area contributed by atoms with E-state index in [0.29, 0.717) is 12.0 Å². The van der Waals surface area contributed by atoms with Crippen molar-refractivity contribution in [3.63, 3.8) is 0 Å². The summed E-state index contributed by atoms with van der Waals surface area (Å²) in [5.74, 6) is 0.759. The second kappa shape index (κ2) is 8.82. The predicted octanol–water partition coefficient (Wildman–Crippen LogP) is 5.21. The van der Waals surface area contributed by atoms with Crippen molar-refractivity contribution in [3.8, 4) is 0 Å². The van der Waals surface area contributed by atoms with E-state index in [1.807, 2.05) is 24.0 Å². The molecule has 1 amide bonds. The van der Waals surface area contributed by atoms with Crippen LogP contribution in [-0.2, 0) is 19.4 Å². The lowest BCUT2D eigenvalue weighted by atomic mass is 9.88. The van der Waals surface area contributed by atoms with Gasteiger partial charge >= 0.3 is 0 Å². The molecule has 0 unspecified atom stereocenters. The molecular weight excluding hydrogens is 380 g/mol. The second-order valence-electron chi connectivity index (χ2n) is 8.62. The molecule has 2 aliphatic carbocycles. The quantitative estimate of drug-likeness (QED) is 0.685. The van der Waals surface area contributed by atoms with Gasteiger partial charge in [-0.3, -0.25) is 9.48 Å². The Labute approximate surface area is 177 Å². The normalized spacial score (nSPS) is 20.2. The van der Waals surface area contributed by atoms with Gasteiger partial charge in [0.2, 0.25) is 0 Å². The summed E-state index contributed by atoms with van der Waals surface area (Å²) < 4.78 is 1.93. The Balaban J connectivity index is 1.64. The number of aryl methyl sites for hydroxylation is 2. The van der Waals surface area contributed by atoms with E-state index in [9.17, 15) is 4.79 Å². The van der Waals surface area contributed by atoms with Gasteiger partial charge in [0.15, 0.2) is 0 Å². The third-order valence-corrected chi connectivity index (χ3v) is 7.45. The molecule has 1 saturated carbocycles. The van der Waals surface area contributed by atoms with Gasteiger partial charge in [-0.25, -0.2) is 4.99 Å². The molecule has 0 saturated heterocycles. The lowest BCUT2D eigenvalue weighted by molar-refractivity contribution is 0.0927. The highest BCUT2D eigenvalue weighted by Crippen LogP contribution is 2.41. The van der Waals surface area contributed by atoms with Crippen LogP contribution in [0.2, 0.25) is 0 Å². The second-order valence-corrected chi connectivity index (χ2v) is 9.71. The fraction of sp³-hybridized carbons (Fsp3) is 0.609. The van der Waals surface area contributed by atoms with Crippen LogP contribution < -0.4 is 5.32 Å². The molecule has 4 rings (SSSR count). The number of carbonyl (C=O) groups is 1. The first-order valence-corrected chi connectivity index (χ1v) is 11.9. The minimum Gasteiger partial charge on any atom is -0.349 e. The lowest BCUT2D eigenvalue weighted by Crippen LogP contribution is -2.36. The molecule has 29 heavy (non-hydrogen) atoms. The van der Waals surface area contributed by atoms with Crippen molar-refractivity contribution in [2.75, 3.05) is 0 Å². The van der Waals surface area contributed by atoms with Crippen LogP contribution in [0.1, 0.15) is 84.4 Å². The maximum Gasteiger partial charge on any atom is 0.254 e. The van der Waals surface area contributed by atoms with Gasteiger partial charge < -0.3 is 5.32 Å². The first-order chi connectivity index (χ1) is 14.0. The van der Waals surface area contributed by atoms with Crippen molar-refractivity contribution in [1.29, 1.82) is 0 Å². The van der Waals surface area contributed by atoms with Crippen molar-refractivity contribution < 1.29 is 4.79 Å². The van der Waals surface area contributed by atoms with E-state index >= 15 is 0 Å². The average Bonchev–Trinajstić information content (AvgIpc) is 3.26. The predicted molar refractivity (Wildman–Crippen MR) is 120 cm³/mol. The summed E-state index contributed by atoms with van der Waals surface area (Å²) >= 11 is 1.71. The number of thiophene rings is 1. The van der Waals surface area contributed by atoms with Crippen LogP contribution in [0.5, 0.6) is 0 Å². The number of aliphatic imine (C=N–C) groups is 1. The molecule has 5 nitrogen and oxygen atoms in total. The number of fused-ring (bicyclic) bond motifs is 1. The van der Waals surface area contributed by atoms with Gasteiger partial charge in [-0.15, -0.1) is 11.3 Å². The van der Waals surface area contributed by atoms with Gasteiger partial charge in [0.05, 0.1) is 11.3 Å². The summed E-state index contributed by atoms with van der Waals surface area (Å²) in [6.07, 6.45) is 13.0. The van der Waals surface area contributed by atoms with Crippen LogP contribution in [0.25, 0.3) is 0 Å². The molecule has 0 aromatic carbocycles. The van der Waals surface area contributed by atoms with Crippen molar-refractivity contribution >= 4 is 28.5 Å². The summed E-state index contributed by atoms with van der Waals surface area (Å²) in [7, 11) is 0. The maximum atomic E-state index is 13.3. The van der Waals surface area contributed by atoms with E-state index < -0.39 is 0 Å². The Bertz CT molecular complexity index is 904. The molecule has 0 aliphatic heterocycles. The third-order valence-electron chi connectivity index (χ3n) is 6.29. The zero-order valence-electron chi connectivity index (χ0n) is 17.8. The average molecular weight is 413 g/mol. The molecule has 2 aliphatic rings. The van der Waals surface area contributed by atoms with E-state index in [-0.39, 0.29) is 5.91 Å². The number of amides is 1. The molecule has 0 radical (unpaired) electrons. The zero-order chi connectivity index (χ0) is 20.4. The number of hydrogen-bond donors (Lipinski definition) is 1. The smallest absolute Gasteiger partial charge is 0.254 e. The Morgan fingerprint density at radius 3 is 2.86 bits per heavy atom. The molecule has 0 spiro atoms. The molecular formula is C23H32N4OS. The zero-order valence-corrected chi connectivity index (χ0v) is 18.6. The number of rotatable bonds is 5. The maximum absolute atomic E-state index is 13.3. The van der Waals surface area contributed by atoms with Crippen molar-refractivity contribution in [1.82, 2.24) is 15.1 Å². The van der Waals surface area contributed by atoms with Gasteiger partial charge in [-0.1, -0.05) is 26.2 Å². The van der Waals surface area contributed by atoms with Gasteiger partial charge in [0, 0.05) is 35.4 Å². The van der Waals surface area contributed by atoms with Crippen molar-refractivity contribution in [2.24, 2.45) is 10.9 Å². The van der Waals surface area contributed by atoms with Gasteiger partial charge in [0.1, 0.15) is 5.00 Å². The highest BCUT2D eigenvalue weighted by atomic mass is 32.1. The Kier molecular flexibility index (Phi) is 6.18. The number of carbonyl (C=O) groups excluding carboxylic acids is 1. The molecule has 0 bridgehead atoms. The van der Waals surface area contributed by atoms with Gasteiger partial charge in [-0.2, -0.15) is 5.10 Å². The van der Waals surface area contributed by atoms with Crippen LogP contribution >= 0.6 is 11.3 Å². The molecule has 6 heteroatoms. The first-order valence-electron chi connectivity index (χ1n) is 11.1. The summed E-state index contributed by atoms with van der Waals surface area (Å²) in [4.78, 5) is 19.4. The number of hydrogen-bond acceptors (Lipinski definition) is 4. The number of nitrogens with zero attached hydrogens (tertiary/aromatic N) is 3. The molecule has 2 aromatic heterocycles. The van der Waals surface area contributed by atoms with Crippen LogP contribution in [0.3, 0.4) is 0 Å². The lowest BCUT2D eigenvalue weighted by Gasteiger charge is -2.23. The topological polar surface area (TPSA) is 59.3 Å². The van der Waals surface area contributed by atoms with E-state index in [1.54, 1.807) is 11.3 Å². The van der Waals surface area contributed by atoms with Crippen molar-refractivity contribution in [2.45, 2.75) is 84.7 Å². The minimum atomic E-state index is 0.0806. The van der Waals surface area contributed by atoms with E-state index in [2.05, 4.69) is 24.3 Å². The van der Waals surface area contributed by atoms with Crippen LogP contribution in [-0.4, -0.2) is 27.9 Å². The minimum absolute atomic E-state index is 0.0806. The Morgan fingerprint density at radius 2 is 2.14 bits per heavy atom. The molecule has 2 aromatic rings. The standard InChI is InChI=1S/C23H32N4OS/c1-4-27-14-17(16(3)26-27)13-24-23-21(19-11-10-15(2)12-20(19)29-23)22(28)25-18-8-6-5-7-9-18/h13-15,18H,4-12H2,1-3H3,(H,25,28)/t15-/m1/s1. The van der Waals surface area contributed by atoms with E-state index in [4.69, 9.17) is 4.99 Å².